The molecule has 1 aliphatic heterocycles. The maximum atomic E-state index is 4.87. The van der Waals surface area contributed by atoms with Crippen LogP contribution in [0.25, 0.3) is 22.2 Å². The highest BCUT2D eigenvalue weighted by Crippen LogP contribution is 2.27. The van der Waals surface area contributed by atoms with Gasteiger partial charge in [0.05, 0.1) is 18.3 Å². The van der Waals surface area contributed by atoms with Gasteiger partial charge in [-0.15, -0.1) is 16.4 Å². The quantitative estimate of drug-likeness (QED) is 0.463. The van der Waals surface area contributed by atoms with Gasteiger partial charge in [0.25, 0.3) is 0 Å². The van der Waals surface area contributed by atoms with E-state index in [1.807, 2.05) is 34.3 Å². The number of hydrogen-bond donors (Lipinski definition) is 0. The fourth-order valence-corrected chi connectivity index (χ4v) is 4.74. The summed E-state index contributed by atoms with van der Waals surface area (Å²) in [6, 6.07) is 12.5. The third-order valence-electron chi connectivity index (χ3n) is 5.35. The molecule has 0 N–H and O–H groups in total. The van der Waals surface area contributed by atoms with E-state index < -0.39 is 0 Å². The summed E-state index contributed by atoms with van der Waals surface area (Å²) in [6.07, 6.45) is 4.67. The van der Waals surface area contributed by atoms with Crippen LogP contribution in [0.2, 0.25) is 0 Å². The molecular weight excluding hydrogens is 382 g/mol. The van der Waals surface area contributed by atoms with Gasteiger partial charge >= 0.3 is 0 Å². The minimum Gasteiger partial charge on any atom is -0.351 e. The zero-order chi connectivity index (χ0) is 19.2. The first-order valence-electron chi connectivity index (χ1n) is 9.53. The zero-order valence-electron chi connectivity index (χ0n) is 15.6. The molecule has 4 aromatic heterocycles. The molecule has 0 aliphatic carbocycles. The van der Waals surface area contributed by atoms with Crippen molar-refractivity contribution < 1.29 is 0 Å². The molecule has 8 heteroatoms. The number of benzene rings is 1. The number of thiophene rings is 1. The number of anilines is 1. The summed E-state index contributed by atoms with van der Waals surface area (Å²) in [5.74, 6) is 0.876. The van der Waals surface area contributed by atoms with Crippen LogP contribution in [0, 0.1) is 0 Å². The van der Waals surface area contributed by atoms with Crippen molar-refractivity contribution >= 4 is 39.4 Å². The second-order valence-electron chi connectivity index (χ2n) is 7.19. The van der Waals surface area contributed by atoms with Crippen molar-refractivity contribution in [2.75, 3.05) is 11.4 Å². The molecule has 0 radical (unpaired) electrons. The molecule has 0 atom stereocenters. The van der Waals surface area contributed by atoms with Gasteiger partial charge in [0.15, 0.2) is 5.65 Å². The summed E-state index contributed by atoms with van der Waals surface area (Å²) in [4.78, 5) is 17.5. The number of rotatable bonds is 3. The minimum atomic E-state index is 0.574. The predicted molar refractivity (Wildman–Crippen MR) is 113 cm³/mol. The van der Waals surface area contributed by atoms with Gasteiger partial charge in [0.2, 0.25) is 5.65 Å². The molecule has 0 bridgehead atoms. The van der Waals surface area contributed by atoms with Crippen molar-refractivity contribution in [3.8, 4) is 0 Å². The molecule has 142 valence electrons. The van der Waals surface area contributed by atoms with Crippen molar-refractivity contribution in [3.05, 3.63) is 70.2 Å². The highest BCUT2D eigenvalue weighted by molar-refractivity contribution is 7.10. The molecule has 0 amide bonds. The molecule has 0 unspecified atom stereocenters. The van der Waals surface area contributed by atoms with Crippen LogP contribution in [0.3, 0.4) is 0 Å². The third kappa shape index (κ3) is 2.92. The molecule has 7 nitrogen and oxygen atoms in total. The molecule has 1 aromatic carbocycles. The maximum absolute atomic E-state index is 4.87. The van der Waals surface area contributed by atoms with Gasteiger partial charge in [-0.2, -0.15) is 0 Å². The van der Waals surface area contributed by atoms with Gasteiger partial charge in [-0.05, 0) is 47.2 Å². The SMILES string of the molecule is c1cnc2ccc(Cn3nnc4ncc(N5CCc6sccc6C5)nc43)cc2c1. The fraction of sp³-hybridized carbons (Fsp3) is 0.190. The van der Waals surface area contributed by atoms with Gasteiger partial charge in [-0.1, -0.05) is 17.3 Å². The number of hydrogen-bond acceptors (Lipinski definition) is 7. The lowest BCUT2D eigenvalue weighted by Gasteiger charge is -2.27. The summed E-state index contributed by atoms with van der Waals surface area (Å²) in [7, 11) is 0. The average molecular weight is 399 g/mol. The summed E-state index contributed by atoms with van der Waals surface area (Å²) < 4.78 is 1.82. The van der Waals surface area contributed by atoms with Crippen LogP contribution >= 0.6 is 11.3 Å². The van der Waals surface area contributed by atoms with E-state index in [9.17, 15) is 0 Å². The Morgan fingerprint density at radius 3 is 3.10 bits per heavy atom. The standard InChI is InChI=1S/C21H17N7S/c1-2-15-10-14(3-4-17(15)22-7-1)12-28-21-20(25-26-28)23-11-19(24-21)27-8-5-18-16(13-27)6-9-29-18/h1-4,6-7,9-11H,5,8,12-13H2. The van der Waals surface area contributed by atoms with Crippen LogP contribution in [0.4, 0.5) is 5.82 Å². The highest BCUT2D eigenvalue weighted by Gasteiger charge is 2.20. The second-order valence-corrected chi connectivity index (χ2v) is 8.19. The number of aromatic nitrogens is 6. The van der Waals surface area contributed by atoms with Gasteiger partial charge in [0.1, 0.15) is 5.82 Å². The molecule has 0 saturated carbocycles. The van der Waals surface area contributed by atoms with E-state index in [-0.39, 0.29) is 0 Å². The Morgan fingerprint density at radius 1 is 1.10 bits per heavy atom. The van der Waals surface area contributed by atoms with Crippen LogP contribution in [-0.4, -0.2) is 36.5 Å². The first-order valence-corrected chi connectivity index (χ1v) is 10.4. The van der Waals surface area contributed by atoms with E-state index in [1.54, 1.807) is 6.20 Å². The normalized spacial score (nSPS) is 13.9. The topological polar surface area (TPSA) is 72.6 Å². The molecule has 6 rings (SSSR count). The van der Waals surface area contributed by atoms with Crippen molar-refractivity contribution in [1.29, 1.82) is 0 Å². The monoisotopic (exact) mass is 399 g/mol. The van der Waals surface area contributed by atoms with E-state index >= 15 is 0 Å². The minimum absolute atomic E-state index is 0.574. The third-order valence-corrected chi connectivity index (χ3v) is 6.37. The summed E-state index contributed by atoms with van der Waals surface area (Å²) in [6.45, 7) is 2.42. The summed E-state index contributed by atoms with van der Waals surface area (Å²) in [5.41, 5.74) is 4.79. The Balaban J connectivity index is 1.33. The average Bonchev–Trinajstić information content (AvgIpc) is 3.40. The molecule has 0 saturated heterocycles. The Bertz CT molecular complexity index is 1340. The molecule has 29 heavy (non-hydrogen) atoms. The molecule has 5 heterocycles. The lowest BCUT2D eigenvalue weighted by atomic mass is 10.1. The Labute approximate surface area is 170 Å². The van der Waals surface area contributed by atoms with Crippen LogP contribution in [0.1, 0.15) is 16.0 Å². The molecule has 0 spiro atoms. The van der Waals surface area contributed by atoms with Crippen LogP contribution < -0.4 is 4.90 Å². The van der Waals surface area contributed by atoms with E-state index in [2.05, 4.69) is 54.8 Å². The maximum Gasteiger partial charge on any atom is 0.221 e. The van der Waals surface area contributed by atoms with Gasteiger partial charge in [-0.25, -0.2) is 14.6 Å². The van der Waals surface area contributed by atoms with Crippen LogP contribution in [0.15, 0.2) is 54.2 Å². The number of pyridine rings is 1. The van der Waals surface area contributed by atoms with E-state index in [0.717, 1.165) is 41.8 Å². The summed E-state index contributed by atoms with van der Waals surface area (Å²) >= 11 is 1.84. The largest absolute Gasteiger partial charge is 0.351 e. The number of fused-ring (bicyclic) bond motifs is 3. The van der Waals surface area contributed by atoms with Crippen LogP contribution in [-0.2, 0) is 19.5 Å². The van der Waals surface area contributed by atoms with E-state index in [1.165, 1.54) is 10.4 Å². The fourth-order valence-electron chi connectivity index (χ4n) is 3.85. The van der Waals surface area contributed by atoms with Crippen molar-refractivity contribution in [2.45, 2.75) is 19.5 Å². The van der Waals surface area contributed by atoms with E-state index in [4.69, 9.17) is 4.98 Å². The molecule has 5 aromatic rings. The summed E-state index contributed by atoms with van der Waals surface area (Å²) in [5, 5.41) is 11.8. The lowest BCUT2D eigenvalue weighted by Crippen LogP contribution is -2.30. The van der Waals surface area contributed by atoms with Crippen LogP contribution in [0.5, 0.6) is 0 Å². The smallest absolute Gasteiger partial charge is 0.221 e. The lowest BCUT2D eigenvalue weighted by molar-refractivity contribution is 0.662. The van der Waals surface area contributed by atoms with Gasteiger partial charge < -0.3 is 4.90 Å². The first kappa shape index (κ1) is 16.6. The Morgan fingerprint density at radius 2 is 2.10 bits per heavy atom. The van der Waals surface area contributed by atoms with Crippen molar-refractivity contribution in [2.24, 2.45) is 0 Å². The highest BCUT2D eigenvalue weighted by atomic mass is 32.1. The molecule has 1 aliphatic rings. The van der Waals surface area contributed by atoms with Gasteiger partial charge in [0, 0.05) is 29.5 Å². The second kappa shape index (κ2) is 6.59. The first-order chi connectivity index (χ1) is 14.3. The van der Waals surface area contributed by atoms with E-state index in [0.29, 0.717) is 17.8 Å². The predicted octanol–water partition coefficient (Wildman–Crippen LogP) is 3.44. The Kier molecular flexibility index (Phi) is 3.76. The zero-order valence-corrected chi connectivity index (χ0v) is 16.4. The van der Waals surface area contributed by atoms with Crippen molar-refractivity contribution in [1.82, 2.24) is 29.9 Å². The number of nitrogens with zero attached hydrogens (tertiary/aromatic N) is 7. The van der Waals surface area contributed by atoms with Gasteiger partial charge in [-0.3, -0.25) is 4.98 Å². The molecule has 0 fully saturated rings. The van der Waals surface area contributed by atoms with Crippen molar-refractivity contribution in [3.63, 3.8) is 0 Å². The molecular formula is C21H17N7S. The Hall–Kier alpha value is -3.39.